The number of aryl methyl sites for hydroxylation is 1. The van der Waals surface area contributed by atoms with E-state index in [1.165, 1.54) is 18.0 Å². The van der Waals surface area contributed by atoms with Gasteiger partial charge < -0.3 is 9.64 Å². The van der Waals surface area contributed by atoms with Crippen molar-refractivity contribution >= 4 is 5.95 Å². The molecule has 1 unspecified atom stereocenters. The summed E-state index contributed by atoms with van der Waals surface area (Å²) in [6.07, 6.45) is -14.9. The van der Waals surface area contributed by atoms with Crippen LogP contribution < -0.4 is 4.90 Å². The van der Waals surface area contributed by atoms with Gasteiger partial charge in [0.2, 0.25) is 0 Å². The Kier molecular flexibility index (Phi) is 9.30. The minimum atomic E-state index is -5.08. The molecule has 0 spiro atoms. The number of rotatable bonds is 8. The molecule has 236 valence electrons. The van der Waals surface area contributed by atoms with Crippen LogP contribution in [0.4, 0.5) is 45.5 Å². The summed E-state index contributed by atoms with van der Waals surface area (Å²) < 4.78 is 128. The van der Waals surface area contributed by atoms with Crippen molar-refractivity contribution < 1.29 is 44.3 Å². The molecule has 3 aromatic rings. The molecule has 0 radical (unpaired) electrons. The molecule has 0 amide bonds. The topological polar surface area (TPSA) is 59.3 Å². The quantitative estimate of drug-likeness (QED) is 0.267. The predicted octanol–water partition coefficient (Wildman–Crippen LogP) is 6.50. The van der Waals surface area contributed by atoms with E-state index in [9.17, 15) is 39.5 Å². The highest BCUT2D eigenvalue weighted by atomic mass is 19.4. The summed E-state index contributed by atoms with van der Waals surface area (Å²) in [7, 11) is 1.39. The first kappa shape index (κ1) is 32.5. The molecule has 4 rings (SSSR count). The summed E-state index contributed by atoms with van der Waals surface area (Å²) in [5.41, 5.74) is -3.69. The van der Waals surface area contributed by atoms with Gasteiger partial charge in [0.05, 0.1) is 37.0 Å². The van der Waals surface area contributed by atoms with Gasteiger partial charge in [-0.05, 0) is 58.2 Å². The number of halogens is 9. The maximum Gasteiger partial charge on any atom is 0.416 e. The number of hydrogen-bond donors (Lipinski definition) is 0. The molecule has 2 heterocycles. The van der Waals surface area contributed by atoms with Crippen LogP contribution in [0.3, 0.4) is 0 Å². The van der Waals surface area contributed by atoms with Crippen LogP contribution in [0.2, 0.25) is 0 Å². The normalized spacial score (nSPS) is 16.1. The number of hydrogen-bond acceptors (Lipinski definition) is 6. The van der Waals surface area contributed by atoms with Crippen molar-refractivity contribution in [3.63, 3.8) is 0 Å². The Bertz CT molecular complexity index is 1360. The van der Waals surface area contributed by atoms with Gasteiger partial charge in [-0.1, -0.05) is 25.0 Å². The molecule has 1 aliphatic heterocycles. The second-order valence-electron chi connectivity index (χ2n) is 10.6. The third-order valence-electron chi connectivity index (χ3n) is 7.02. The van der Waals surface area contributed by atoms with Crippen molar-refractivity contribution in [2.24, 2.45) is 13.0 Å². The first-order valence-corrected chi connectivity index (χ1v) is 13.2. The third-order valence-corrected chi connectivity index (χ3v) is 7.02. The molecule has 0 bridgehead atoms. The molecule has 2 aromatic carbocycles. The molecular weight excluding hydrogens is 595 g/mol. The van der Waals surface area contributed by atoms with E-state index in [1.807, 2.05) is 13.8 Å². The minimum Gasteiger partial charge on any atom is -0.379 e. The highest BCUT2D eigenvalue weighted by molar-refractivity contribution is 5.42. The van der Waals surface area contributed by atoms with E-state index in [0.717, 1.165) is 16.9 Å². The molecule has 0 aliphatic carbocycles. The Hall–Kier alpha value is -3.40. The van der Waals surface area contributed by atoms with Crippen molar-refractivity contribution in [2.45, 2.75) is 51.5 Å². The Labute approximate surface area is 241 Å². The van der Waals surface area contributed by atoms with Gasteiger partial charge >= 0.3 is 18.5 Å². The molecule has 1 aromatic heterocycles. The molecule has 1 aliphatic rings. The van der Waals surface area contributed by atoms with E-state index in [4.69, 9.17) is 4.74 Å². The van der Waals surface area contributed by atoms with E-state index in [0.29, 0.717) is 44.0 Å². The lowest BCUT2D eigenvalue weighted by Crippen LogP contribution is -2.41. The van der Waals surface area contributed by atoms with Crippen molar-refractivity contribution in [3.05, 3.63) is 69.8 Å². The van der Waals surface area contributed by atoms with Gasteiger partial charge in [-0.2, -0.15) is 44.3 Å². The van der Waals surface area contributed by atoms with Gasteiger partial charge in [0.15, 0.2) is 0 Å². The number of ether oxygens (including phenoxy) is 1. The summed E-state index contributed by atoms with van der Waals surface area (Å²) in [6, 6.07) is 4.06. The molecule has 16 heteroatoms. The van der Waals surface area contributed by atoms with Crippen LogP contribution in [0.5, 0.6) is 0 Å². The fourth-order valence-corrected chi connectivity index (χ4v) is 5.18. The monoisotopic (exact) mass is 624 g/mol. The van der Waals surface area contributed by atoms with E-state index in [2.05, 4.69) is 20.3 Å². The second kappa shape index (κ2) is 12.3. The molecular formula is C27H29F9N6O. The van der Waals surface area contributed by atoms with Gasteiger partial charge in [-0.3, -0.25) is 4.90 Å². The van der Waals surface area contributed by atoms with E-state index >= 15 is 0 Å². The Balaban J connectivity index is 1.83. The van der Waals surface area contributed by atoms with Crippen LogP contribution >= 0.6 is 0 Å². The first-order valence-electron chi connectivity index (χ1n) is 13.2. The number of benzene rings is 2. The molecule has 0 N–H and O–H groups in total. The molecule has 7 nitrogen and oxygen atoms in total. The molecule has 1 fully saturated rings. The van der Waals surface area contributed by atoms with Crippen LogP contribution in [-0.4, -0.2) is 51.4 Å². The summed E-state index contributed by atoms with van der Waals surface area (Å²) >= 11 is 0. The summed E-state index contributed by atoms with van der Waals surface area (Å²) in [6.45, 7) is 4.74. The number of morpholine rings is 1. The zero-order valence-electron chi connectivity index (χ0n) is 23.4. The largest absolute Gasteiger partial charge is 0.416 e. The maximum atomic E-state index is 13.8. The van der Waals surface area contributed by atoms with E-state index < -0.39 is 47.3 Å². The van der Waals surface area contributed by atoms with Crippen molar-refractivity contribution in [1.82, 2.24) is 25.1 Å². The highest BCUT2D eigenvalue weighted by Gasteiger charge is 2.38. The van der Waals surface area contributed by atoms with Gasteiger partial charge in [-0.25, -0.2) is 0 Å². The second-order valence-corrected chi connectivity index (χ2v) is 10.6. The lowest BCUT2D eigenvalue weighted by atomic mass is 9.89. The number of nitrogens with zero attached hydrogens (tertiary/aromatic N) is 6. The van der Waals surface area contributed by atoms with E-state index in [1.54, 1.807) is 0 Å². The third kappa shape index (κ3) is 7.96. The zero-order valence-corrected chi connectivity index (χ0v) is 23.4. The Morgan fingerprint density at radius 2 is 1.40 bits per heavy atom. The van der Waals surface area contributed by atoms with E-state index in [-0.39, 0.29) is 36.1 Å². The molecule has 43 heavy (non-hydrogen) atoms. The predicted molar refractivity (Wildman–Crippen MR) is 137 cm³/mol. The summed E-state index contributed by atoms with van der Waals surface area (Å²) in [5, 5.41) is 11.6. The number of tetrazole rings is 1. The van der Waals surface area contributed by atoms with Crippen LogP contribution in [-0.2, 0) is 43.4 Å². The lowest BCUT2D eigenvalue weighted by molar-refractivity contribution is -0.143. The SMILES string of the molecule is CC(C)C(c1ccc(C(F)(F)F)cc1CN(Cc1cc(C(F)(F)F)cc(C(F)(F)F)c1)c1nnn(C)n1)N1CCOCC1. The van der Waals surface area contributed by atoms with Crippen LogP contribution in [0, 0.1) is 5.92 Å². The van der Waals surface area contributed by atoms with Gasteiger partial charge in [-0.15, -0.1) is 5.10 Å². The summed E-state index contributed by atoms with van der Waals surface area (Å²) in [5.74, 6) is -0.265. The number of alkyl halides is 9. The number of anilines is 1. The van der Waals surface area contributed by atoms with Crippen LogP contribution in [0.15, 0.2) is 36.4 Å². The first-order chi connectivity index (χ1) is 19.9. The Morgan fingerprint density at radius 1 is 0.814 bits per heavy atom. The fourth-order valence-electron chi connectivity index (χ4n) is 5.18. The molecule has 1 atom stereocenters. The van der Waals surface area contributed by atoms with Crippen molar-refractivity contribution in [2.75, 3.05) is 31.2 Å². The van der Waals surface area contributed by atoms with Gasteiger partial charge in [0.25, 0.3) is 5.95 Å². The van der Waals surface area contributed by atoms with Crippen molar-refractivity contribution in [1.29, 1.82) is 0 Å². The maximum absolute atomic E-state index is 13.8. The summed E-state index contributed by atoms with van der Waals surface area (Å²) in [4.78, 5) is 4.30. The smallest absolute Gasteiger partial charge is 0.379 e. The van der Waals surface area contributed by atoms with Gasteiger partial charge in [0.1, 0.15) is 0 Å². The van der Waals surface area contributed by atoms with Crippen LogP contribution in [0.1, 0.15) is 53.3 Å². The average molecular weight is 625 g/mol. The Morgan fingerprint density at radius 3 is 1.88 bits per heavy atom. The molecule has 1 saturated heterocycles. The standard InChI is InChI=1S/C27H29F9N6O/c1-16(2)23(41-6-8-43-9-7-41)22-5-4-19(25(28,29)30)12-18(22)15-42(24-37-39-40(3)38-24)14-17-10-20(26(31,32)33)13-21(11-17)27(34,35)36/h4-5,10-13,16,23H,6-9,14-15H2,1-3H3. The van der Waals surface area contributed by atoms with Crippen molar-refractivity contribution in [3.8, 4) is 0 Å². The lowest BCUT2D eigenvalue weighted by Gasteiger charge is -2.38. The highest BCUT2D eigenvalue weighted by Crippen LogP contribution is 2.39. The number of aromatic nitrogens is 4. The van der Waals surface area contributed by atoms with Crippen LogP contribution in [0.25, 0.3) is 0 Å². The fraction of sp³-hybridized carbons (Fsp3) is 0.519. The minimum absolute atomic E-state index is 0.00882. The van der Waals surface area contributed by atoms with Gasteiger partial charge in [0, 0.05) is 32.2 Å². The average Bonchev–Trinajstić information content (AvgIpc) is 3.34. The zero-order chi connectivity index (χ0) is 31.7. The molecule has 0 saturated carbocycles.